The fraction of sp³-hybridized carbons (Fsp3) is 0.286. The Bertz CT molecular complexity index is 360. The van der Waals surface area contributed by atoms with E-state index in [-0.39, 0.29) is 11.6 Å². The first-order valence-corrected chi connectivity index (χ1v) is 4.08. The van der Waals surface area contributed by atoms with Crippen LogP contribution in [0.2, 0.25) is 0 Å². The van der Waals surface area contributed by atoms with Gasteiger partial charge < -0.3 is 0 Å². The van der Waals surface area contributed by atoms with E-state index in [9.17, 15) is 18.9 Å². The number of hydrogen-bond acceptors (Lipinski definition) is 3. The van der Waals surface area contributed by atoms with Crippen LogP contribution in [0.25, 0.3) is 0 Å². The quantitative estimate of drug-likeness (QED) is 0.449. The normalized spacial score (nSPS) is 10.6. The molecule has 1 rings (SSSR count). The molecule has 0 saturated heterocycles. The summed E-state index contributed by atoms with van der Waals surface area (Å²) in [5.41, 5.74) is -1.34. The Labute approximate surface area is 82.7 Å². The second kappa shape index (κ2) is 4.28. The first kappa shape index (κ1) is 10.8. The molecule has 1 aromatic rings. The maximum absolute atomic E-state index is 12.3. The highest BCUT2D eigenvalue weighted by molar-refractivity contribution is 6.16. The van der Waals surface area contributed by atoms with E-state index in [1.54, 1.807) is 0 Å². The average molecular weight is 223 g/mol. The van der Waals surface area contributed by atoms with Crippen LogP contribution >= 0.6 is 11.6 Å². The van der Waals surface area contributed by atoms with Crippen molar-refractivity contribution in [2.45, 2.75) is 12.3 Å². The first-order chi connectivity index (χ1) is 6.56. The summed E-state index contributed by atoms with van der Waals surface area (Å²) in [7, 11) is 0. The van der Waals surface area contributed by atoms with Gasteiger partial charge in [0, 0.05) is 6.07 Å². The molecule has 1 heterocycles. The average Bonchev–Trinajstić information content (AvgIpc) is 2.16. The monoisotopic (exact) mass is 222 g/mol. The Balaban J connectivity index is 3.24. The van der Waals surface area contributed by atoms with Crippen molar-refractivity contribution in [3.63, 3.8) is 0 Å². The number of hydrogen-bond donors (Lipinski definition) is 0. The fourth-order valence-corrected chi connectivity index (χ4v) is 1.05. The van der Waals surface area contributed by atoms with E-state index < -0.39 is 22.7 Å². The topological polar surface area (TPSA) is 56.0 Å². The van der Waals surface area contributed by atoms with Crippen LogP contribution in [-0.4, -0.2) is 9.91 Å². The molecule has 1 aromatic heterocycles. The van der Waals surface area contributed by atoms with Crippen molar-refractivity contribution in [3.05, 3.63) is 33.6 Å². The van der Waals surface area contributed by atoms with Crippen LogP contribution in [0.5, 0.6) is 0 Å². The lowest BCUT2D eigenvalue weighted by atomic mass is 10.2. The van der Waals surface area contributed by atoms with Crippen molar-refractivity contribution in [1.29, 1.82) is 0 Å². The third-order valence-electron chi connectivity index (χ3n) is 1.50. The van der Waals surface area contributed by atoms with Gasteiger partial charge in [0.15, 0.2) is 5.69 Å². The molecule has 4 nitrogen and oxygen atoms in total. The lowest BCUT2D eigenvalue weighted by Gasteiger charge is -2.02. The van der Waals surface area contributed by atoms with E-state index in [1.165, 1.54) is 6.07 Å². The predicted molar refractivity (Wildman–Crippen MR) is 45.4 cm³/mol. The summed E-state index contributed by atoms with van der Waals surface area (Å²) in [6, 6.07) is 2.23. The molecule has 0 aliphatic heterocycles. The van der Waals surface area contributed by atoms with E-state index in [1.807, 2.05) is 0 Å². The zero-order chi connectivity index (χ0) is 10.7. The third-order valence-corrected chi connectivity index (χ3v) is 1.77. The number of alkyl halides is 3. The second-order valence-corrected chi connectivity index (χ2v) is 2.67. The van der Waals surface area contributed by atoms with Crippen LogP contribution in [0.1, 0.15) is 17.8 Å². The highest BCUT2D eigenvalue weighted by atomic mass is 35.5. The van der Waals surface area contributed by atoms with Gasteiger partial charge in [-0.05, 0) is 6.07 Å². The zero-order valence-corrected chi connectivity index (χ0v) is 7.54. The van der Waals surface area contributed by atoms with E-state index in [0.717, 1.165) is 6.07 Å². The minimum absolute atomic E-state index is 0.0578. The standard InChI is InChI=1S/C7H5ClF2N2O2/c8-3-4-1-2-5(12(13)14)6(11-4)7(9)10/h1-2,7H,3H2. The largest absolute Gasteiger partial charge is 0.296 e. The third kappa shape index (κ3) is 2.14. The van der Waals surface area contributed by atoms with Crippen LogP contribution in [0, 0.1) is 10.1 Å². The van der Waals surface area contributed by atoms with Gasteiger partial charge in [0.25, 0.3) is 12.1 Å². The highest BCUT2D eigenvalue weighted by Gasteiger charge is 2.23. The maximum Gasteiger partial charge on any atom is 0.296 e. The minimum atomic E-state index is -2.97. The summed E-state index contributed by atoms with van der Waals surface area (Å²) >= 11 is 5.36. The summed E-state index contributed by atoms with van der Waals surface area (Å²) in [4.78, 5) is 12.8. The van der Waals surface area contributed by atoms with Crippen molar-refractivity contribution in [1.82, 2.24) is 4.98 Å². The Morgan fingerprint density at radius 3 is 2.64 bits per heavy atom. The lowest BCUT2D eigenvalue weighted by Crippen LogP contribution is -2.01. The summed E-state index contributed by atoms with van der Waals surface area (Å²) in [6.07, 6.45) is -2.97. The van der Waals surface area contributed by atoms with Crippen LogP contribution in [0.3, 0.4) is 0 Å². The van der Waals surface area contributed by atoms with Gasteiger partial charge in [0.1, 0.15) is 0 Å². The second-order valence-electron chi connectivity index (χ2n) is 2.40. The molecule has 14 heavy (non-hydrogen) atoms. The Morgan fingerprint density at radius 1 is 1.57 bits per heavy atom. The van der Waals surface area contributed by atoms with E-state index in [0.29, 0.717) is 0 Å². The molecule has 0 amide bonds. The van der Waals surface area contributed by atoms with Crippen molar-refractivity contribution in [2.24, 2.45) is 0 Å². The van der Waals surface area contributed by atoms with Gasteiger partial charge in [-0.15, -0.1) is 11.6 Å². The molecule has 0 aliphatic carbocycles. The van der Waals surface area contributed by atoms with Gasteiger partial charge in [0.2, 0.25) is 0 Å². The molecule has 0 radical (unpaired) electrons. The number of nitrogens with zero attached hydrogens (tertiary/aromatic N) is 2. The Kier molecular flexibility index (Phi) is 3.29. The van der Waals surface area contributed by atoms with E-state index >= 15 is 0 Å². The van der Waals surface area contributed by atoms with Crippen molar-refractivity contribution < 1.29 is 13.7 Å². The Hall–Kier alpha value is -1.30. The van der Waals surface area contributed by atoms with Crippen molar-refractivity contribution in [3.8, 4) is 0 Å². The number of rotatable bonds is 3. The summed E-state index contributed by atoms with van der Waals surface area (Å²) in [5, 5.41) is 10.3. The molecular weight excluding hydrogens is 218 g/mol. The van der Waals surface area contributed by atoms with Gasteiger partial charge in [-0.2, -0.15) is 0 Å². The van der Waals surface area contributed by atoms with Crippen LogP contribution in [-0.2, 0) is 5.88 Å². The summed E-state index contributed by atoms with van der Waals surface area (Å²) in [5.74, 6) is -0.0578. The van der Waals surface area contributed by atoms with E-state index in [2.05, 4.69) is 4.98 Å². The maximum atomic E-state index is 12.3. The molecule has 0 aliphatic rings. The molecule has 0 unspecified atom stereocenters. The van der Waals surface area contributed by atoms with Crippen LogP contribution < -0.4 is 0 Å². The van der Waals surface area contributed by atoms with Gasteiger partial charge in [-0.1, -0.05) is 0 Å². The number of nitro groups is 1. The van der Waals surface area contributed by atoms with Crippen LogP contribution in [0.4, 0.5) is 14.5 Å². The summed E-state index contributed by atoms with van der Waals surface area (Å²) in [6.45, 7) is 0. The summed E-state index contributed by atoms with van der Waals surface area (Å²) < 4.78 is 24.6. The van der Waals surface area contributed by atoms with Gasteiger partial charge >= 0.3 is 0 Å². The van der Waals surface area contributed by atoms with Gasteiger partial charge in [-0.3, -0.25) is 10.1 Å². The molecule has 7 heteroatoms. The predicted octanol–water partition coefficient (Wildman–Crippen LogP) is 2.67. The molecule has 0 atom stereocenters. The highest BCUT2D eigenvalue weighted by Crippen LogP contribution is 2.27. The first-order valence-electron chi connectivity index (χ1n) is 3.54. The number of halogens is 3. The molecule has 0 spiro atoms. The molecule has 0 saturated carbocycles. The molecule has 0 bridgehead atoms. The molecule has 76 valence electrons. The van der Waals surface area contributed by atoms with Crippen molar-refractivity contribution >= 4 is 17.3 Å². The fourth-order valence-electron chi connectivity index (χ4n) is 0.899. The molecule has 0 fully saturated rings. The van der Waals surface area contributed by atoms with Gasteiger partial charge in [-0.25, -0.2) is 13.8 Å². The smallest absolute Gasteiger partial charge is 0.258 e. The van der Waals surface area contributed by atoms with Crippen molar-refractivity contribution in [2.75, 3.05) is 0 Å². The van der Waals surface area contributed by atoms with Crippen LogP contribution in [0.15, 0.2) is 12.1 Å². The molecular formula is C7H5ClF2N2O2. The zero-order valence-electron chi connectivity index (χ0n) is 6.78. The number of aromatic nitrogens is 1. The lowest BCUT2D eigenvalue weighted by molar-refractivity contribution is -0.386. The SMILES string of the molecule is O=[N+]([O-])c1ccc(CCl)nc1C(F)F. The van der Waals surface area contributed by atoms with E-state index in [4.69, 9.17) is 11.6 Å². The van der Waals surface area contributed by atoms with Gasteiger partial charge in [0.05, 0.1) is 16.5 Å². The number of pyridine rings is 1. The molecule has 0 aromatic carbocycles. The Morgan fingerprint density at radius 2 is 2.21 bits per heavy atom. The molecule has 0 N–H and O–H groups in total. The minimum Gasteiger partial charge on any atom is -0.258 e.